The molecular formula is C12H12BrN3S. The van der Waals surface area contributed by atoms with Crippen molar-refractivity contribution in [1.29, 1.82) is 0 Å². The molecule has 1 N–H and O–H groups in total. The topological polar surface area (TPSA) is 37.8 Å². The summed E-state index contributed by atoms with van der Waals surface area (Å²) in [6, 6.07) is 10.1. The average molecular weight is 310 g/mol. The number of halogens is 1. The van der Waals surface area contributed by atoms with Gasteiger partial charge in [-0.1, -0.05) is 33.8 Å². The van der Waals surface area contributed by atoms with E-state index in [0.29, 0.717) is 5.95 Å². The highest BCUT2D eigenvalue weighted by atomic mass is 79.9. The van der Waals surface area contributed by atoms with E-state index in [-0.39, 0.29) is 0 Å². The molecule has 0 bridgehead atoms. The van der Waals surface area contributed by atoms with E-state index in [4.69, 9.17) is 0 Å². The smallest absolute Gasteiger partial charge is 0.223 e. The summed E-state index contributed by atoms with van der Waals surface area (Å²) in [6.45, 7) is 2.85. The summed E-state index contributed by atoms with van der Waals surface area (Å²) in [7, 11) is 0. The first kappa shape index (κ1) is 12.4. The zero-order chi connectivity index (χ0) is 12.1. The van der Waals surface area contributed by atoms with Crippen LogP contribution in [0.15, 0.2) is 50.9 Å². The van der Waals surface area contributed by atoms with Crippen molar-refractivity contribution >= 4 is 33.6 Å². The highest BCUT2D eigenvalue weighted by molar-refractivity contribution is 9.10. The van der Waals surface area contributed by atoms with Crippen LogP contribution in [0.2, 0.25) is 0 Å². The molecule has 0 saturated heterocycles. The Hall–Kier alpha value is -1.07. The molecule has 0 fully saturated rings. The molecule has 0 aliphatic carbocycles. The molecule has 0 radical (unpaired) electrons. The number of anilines is 1. The number of nitrogens with zero attached hydrogens (tertiary/aromatic N) is 2. The first-order valence-corrected chi connectivity index (χ1v) is 6.89. The molecule has 2 aromatic rings. The third-order valence-corrected chi connectivity index (χ3v) is 3.40. The first-order chi connectivity index (χ1) is 8.28. The summed E-state index contributed by atoms with van der Waals surface area (Å²) in [6.07, 6.45) is 1.77. The normalized spacial score (nSPS) is 10.2. The predicted molar refractivity (Wildman–Crippen MR) is 74.5 cm³/mol. The van der Waals surface area contributed by atoms with Gasteiger partial charge in [-0.3, -0.25) is 0 Å². The van der Waals surface area contributed by atoms with E-state index in [9.17, 15) is 0 Å². The fourth-order valence-electron chi connectivity index (χ4n) is 1.29. The van der Waals surface area contributed by atoms with Gasteiger partial charge >= 0.3 is 0 Å². The van der Waals surface area contributed by atoms with Crippen molar-refractivity contribution in [2.75, 3.05) is 11.9 Å². The van der Waals surface area contributed by atoms with Gasteiger partial charge in [-0.15, -0.1) is 0 Å². The lowest BCUT2D eigenvalue weighted by molar-refractivity contribution is 1.01. The maximum atomic E-state index is 4.41. The molecule has 0 aliphatic rings. The van der Waals surface area contributed by atoms with E-state index in [1.54, 1.807) is 18.0 Å². The third-order valence-electron chi connectivity index (χ3n) is 1.98. The molecule has 2 rings (SSSR count). The molecule has 0 unspecified atom stereocenters. The molecule has 0 spiro atoms. The molecule has 3 nitrogen and oxygen atoms in total. The van der Waals surface area contributed by atoms with Gasteiger partial charge < -0.3 is 5.32 Å². The summed E-state index contributed by atoms with van der Waals surface area (Å²) in [5.74, 6) is 0.674. The molecule has 0 aliphatic heterocycles. The average Bonchev–Trinajstić information content (AvgIpc) is 2.30. The Morgan fingerprint density at radius 3 is 3.00 bits per heavy atom. The van der Waals surface area contributed by atoms with Crippen LogP contribution in [0.3, 0.4) is 0 Å². The van der Waals surface area contributed by atoms with E-state index in [2.05, 4.69) is 43.3 Å². The van der Waals surface area contributed by atoms with Gasteiger partial charge in [0.25, 0.3) is 0 Å². The Morgan fingerprint density at radius 2 is 2.24 bits per heavy atom. The van der Waals surface area contributed by atoms with Gasteiger partial charge in [0, 0.05) is 22.1 Å². The number of hydrogen-bond acceptors (Lipinski definition) is 4. The maximum absolute atomic E-state index is 4.41. The van der Waals surface area contributed by atoms with Crippen molar-refractivity contribution in [3.05, 3.63) is 41.0 Å². The van der Waals surface area contributed by atoms with Crippen molar-refractivity contribution in [2.24, 2.45) is 0 Å². The third kappa shape index (κ3) is 3.71. The van der Waals surface area contributed by atoms with Crippen molar-refractivity contribution in [2.45, 2.75) is 16.8 Å². The van der Waals surface area contributed by atoms with Crippen molar-refractivity contribution < 1.29 is 0 Å². The fourth-order valence-corrected chi connectivity index (χ4v) is 2.68. The lowest BCUT2D eigenvalue weighted by Gasteiger charge is -2.04. The summed E-state index contributed by atoms with van der Waals surface area (Å²) < 4.78 is 1.07. The Kier molecular flexibility index (Phi) is 4.39. The quantitative estimate of drug-likeness (QED) is 0.871. The lowest BCUT2D eigenvalue weighted by Crippen LogP contribution is -2.01. The van der Waals surface area contributed by atoms with E-state index < -0.39 is 0 Å². The Bertz CT molecular complexity index is 505. The SMILES string of the molecule is CCNc1nccc(Sc2cccc(Br)c2)n1. The predicted octanol–water partition coefficient (Wildman–Crippen LogP) is 3.82. The van der Waals surface area contributed by atoms with Gasteiger partial charge in [-0.05, 0) is 31.2 Å². The molecule has 1 aromatic heterocycles. The van der Waals surface area contributed by atoms with E-state index >= 15 is 0 Å². The van der Waals surface area contributed by atoms with Crippen LogP contribution in [-0.4, -0.2) is 16.5 Å². The fraction of sp³-hybridized carbons (Fsp3) is 0.167. The monoisotopic (exact) mass is 309 g/mol. The van der Waals surface area contributed by atoms with Crippen LogP contribution >= 0.6 is 27.7 Å². The largest absolute Gasteiger partial charge is 0.354 e. The Labute approximate surface area is 113 Å². The van der Waals surface area contributed by atoms with Gasteiger partial charge in [0.1, 0.15) is 5.03 Å². The molecule has 0 saturated carbocycles. The number of aromatic nitrogens is 2. The van der Waals surface area contributed by atoms with Crippen molar-refractivity contribution in [1.82, 2.24) is 9.97 Å². The maximum Gasteiger partial charge on any atom is 0.223 e. The first-order valence-electron chi connectivity index (χ1n) is 5.28. The number of rotatable bonds is 4. The second-order valence-corrected chi connectivity index (χ2v) is 5.32. The molecular weight excluding hydrogens is 298 g/mol. The summed E-state index contributed by atoms with van der Waals surface area (Å²) in [5.41, 5.74) is 0. The van der Waals surface area contributed by atoms with Gasteiger partial charge in [-0.25, -0.2) is 9.97 Å². The van der Waals surface area contributed by atoms with Gasteiger partial charge in [0.2, 0.25) is 5.95 Å². The Morgan fingerprint density at radius 1 is 1.35 bits per heavy atom. The minimum atomic E-state index is 0.674. The van der Waals surface area contributed by atoms with Crippen LogP contribution in [-0.2, 0) is 0 Å². The summed E-state index contributed by atoms with van der Waals surface area (Å²) >= 11 is 5.08. The highest BCUT2D eigenvalue weighted by Gasteiger charge is 2.01. The van der Waals surface area contributed by atoms with Crippen molar-refractivity contribution in [3.8, 4) is 0 Å². The van der Waals surface area contributed by atoms with E-state index in [1.807, 2.05) is 25.1 Å². The van der Waals surface area contributed by atoms with Gasteiger partial charge in [0.05, 0.1) is 0 Å². The van der Waals surface area contributed by atoms with Crippen LogP contribution < -0.4 is 5.32 Å². The molecule has 5 heteroatoms. The molecule has 88 valence electrons. The van der Waals surface area contributed by atoms with Crippen LogP contribution in [0, 0.1) is 0 Å². The number of hydrogen-bond donors (Lipinski definition) is 1. The van der Waals surface area contributed by atoms with Gasteiger partial charge in [0.15, 0.2) is 0 Å². The summed E-state index contributed by atoms with van der Waals surface area (Å²) in [5, 5.41) is 4.04. The minimum absolute atomic E-state index is 0.674. The second kappa shape index (κ2) is 6.02. The second-order valence-electron chi connectivity index (χ2n) is 3.31. The van der Waals surface area contributed by atoms with E-state index in [0.717, 1.165) is 20.9 Å². The van der Waals surface area contributed by atoms with Crippen LogP contribution in [0.4, 0.5) is 5.95 Å². The molecule has 0 amide bonds. The molecule has 0 atom stereocenters. The zero-order valence-electron chi connectivity index (χ0n) is 9.35. The lowest BCUT2D eigenvalue weighted by atomic mass is 10.4. The molecule has 1 heterocycles. The van der Waals surface area contributed by atoms with E-state index in [1.165, 1.54) is 0 Å². The van der Waals surface area contributed by atoms with Crippen LogP contribution in [0.5, 0.6) is 0 Å². The molecule has 17 heavy (non-hydrogen) atoms. The number of benzene rings is 1. The number of nitrogens with one attached hydrogen (secondary N) is 1. The Balaban J connectivity index is 2.15. The van der Waals surface area contributed by atoms with Crippen LogP contribution in [0.1, 0.15) is 6.92 Å². The van der Waals surface area contributed by atoms with Crippen molar-refractivity contribution in [3.63, 3.8) is 0 Å². The zero-order valence-corrected chi connectivity index (χ0v) is 11.8. The standard InChI is InChI=1S/C12H12BrN3S/c1-2-14-12-15-7-6-11(16-12)17-10-5-3-4-9(13)8-10/h3-8H,2H2,1H3,(H,14,15,16). The van der Waals surface area contributed by atoms with Gasteiger partial charge in [-0.2, -0.15) is 0 Å². The van der Waals surface area contributed by atoms with Crippen LogP contribution in [0.25, 0.3) is 0 Å². The molecule has 1 aromatic carbocycles. The summed E-state index contributed by atoms with van der Waals surface area (Å²) in [4.78, 5) is 9.71. The minimum Gasteiger partial charge on any atom is -0.354 e. The highest BCUT2D eigenvalue weighted by Crippen LogP contribution is 2.28.